The van der Waals surface area contributed by atoms with E-state index in [0.717, 1.165) is 16.9 Å². The lowest BCUT2D eigenvalue weighted by molar-refractivity contribution is 0.102. The Kier molecular flexibility index (Phi) is 5.43. The number of pyridine rings is 1. The predicted octanol–water partition coefficient (Wildman–Crippen LogP) is 4.20. The molecular weight excluding hydrogens is 380 g/mol. The summed E-state index contributed by atoms with van der Waals surface area (Å²) in [6.45, 7) is 0. The van der Waals surface area contributed by atoms with Crippen molar-refractivity contribution in [2.24, 2.45) is 0 Å². The van der Waals surface area contributed by atoms with E-state index < -0.39 is 0 Å². The number of anilines is 1. The summed E-state index contributed by atoms with van der Waals surface area (Å²) in [5.74, 6) is 0.775. The largest absolute Gasteiger partial charge is 0.497 e. The second kappa shape index (κ2) is 8.48. The third kappa shape index (κ3) is 3.86. The van der Waals surface area contributed by atoms with Gasteiger partial charge in [-0.05, 0) is 42.5 Å². The molecular formula is C23H20N4O3. The van der Waals surface area contributed by atoms with E-state index in [0.29, 0.717) is 17.2 Å². The Morgan fingerprint density at radius 3 is 2.50 bits per heavy atom. The van der Waals surface area contributed by atoms with Crippen molar-refractivity contribution < 1.29 is 14.3 Å². The number of hydrogen-bond donors (Lipinski definition) is 1. The van der Waals surface area contributed by atoms with Crippen molar-refractivity contribution in [2.45, 2.75) is 0 Å². The first-order valence-corrected chi connectivity index (χ1v) is 9.29. The van der Waals surface area contributed by atoms with Crippen molar-refractivity contribution in [2.75, 3.05) is 19.5 Å². The first-order chi connectivity index (χ1) is 14.7. The normalized spacial score (nSPS) is 10.5. The number of methoxy groups -OCH3 is 2. The number of carbonyl (C=O) groups is 1. The Morgan fingerprint density at radius 2 is 1.80 bits per heavy atom. The zero-order valence-corrected chi connectivity index (χ0v) is 16.6. The highest BCUT2D eigenvalue weighted by Crippen LogP contribution is 2.30. The number of rotatable bonds is 6. The molecule has 7 heteroatoms. The van der Waals surface area contributed by atoms with E-state index in [2.05, 4.69) is 15.4 Å². The summed E-state index contributed by atoms with van der Waals surface area (Å²) < 4.78 is 12.3. The molecule has 0 unspecified atom stereocenters. The lowest BCUT2D eigenvalue weighted by atomic mass is 10.2. The second-order valence-corrected chi connectivity index (χ2v) is 6.42. The van der Waals surface area contributed by atoms with Crippen molar-refractivity contribution in [1.29, 1.82) is 0 Å². The molecule has 0 atom stereocenters. The van der Waals surface area contributed by atoms with Gasteiger partial charge in [0.05, 0.1) is 31.3 Å². The molecule has 1 N–H and O–H groups in total. The van der Waals surface area contributed by atoms with Gasteiger partial charge in [-0.25, -0.2) is 4.68 Å². The van der Waals surface area contributed by atoms with Crippen LogP contribution in [-0.2, 0) is 0 Å². The van der Waals surface area contributed by atoms with E-state index in [4.69, 9.17) is 9.47 Å². The van der Waals surface area contributed by atoms with Gasteiger partial charge in [0.2, 0.25) is 0 Å². The van der Waals surface area contributed by atoms with Gasteiger partial charge in [0.15, 0.2) is 5.69 Å². The fraction of sp³-hybridized carbons (Fsp3) is 0.0870. The molecule has 30 heavy (non-hydrogen) atoms. The molecule has 150 valence electrons. The number of benzene rings is 2. The minimum absolute atomic E-state index is 0.266. The number of amides is 1. The van der Waals surface area contributed by atoms with E-state index in [1.807, 2.05) is 42.5 Å². The summed E-state index contributed by atoms with van der Waals surface area (Å²) in [6.07, 6.45) is 3.44. The fourth-order valence-electron chi connectivity index (χ4n) is 3.08. The van der Waals surface area contributed by atoms with Gasteiger partial charge in [0.1, 0.15) is 11.5 Å². The monoisotopic (exact) mass is 400 g/mol. The van der Waals surface area contributed by atoms with Crippen molar-refractivity contribution in [3.63, 3.8) is 0 Å². The molecule has 0 aliphatic rings. The molecule has 4 aromatic rings. The zero-order chi connectivity index (χ0) is 20.9. The summed E-state index contributed by atoms with van der Waals surface area (Å²) in [5.41, 5.74) is 3.22. The molecule has 2 aromatic carbocycles. The van der Waals surface area contributed by atoms with Gasteiger partial charge in [-0.15, -0.1) is 0 Å². The standard InChI is InChI=1S/C23H20N4O3/c1-29-18-10-11-22(30-2)19(13-18)25-23(28)20-14-21(16-7-6-12-24-15-16)27(26-20)17-8-4-3-5-9-17/h3-15H,1-2H3,(H,25,28). The highest BCUT2D eigenvalue weighted by atomic mass is 16.5. The Hall–Kier alpha value is -4.13. The van der Waals surface area contributed by atoms with Crippen molar-refractivity contribution in [3.8, 4) is 28.4 Å². The number of aromatic nitrogens is 3. The van der Waals surface area contributed by atoms with Crippen LogP contribution in [0.25, 0.3) is 16.9 Å². The molecule has 0 aliphatic heterocycles. The lowest BCUT2D eigenvalue weighted by Gasteiger charge is -2.11. The maximum absolute atomic E-state index is 13.0. The van der Waals surface area contributed by atoms with Gasteiger partial charge in [-0.1, -0.05) is 18.2 Å². The Balaban J connectivity index is 1.73. The molecule has 0 spiro atoms. The summed E-state index contributed by atoms with van der Waals surface area (Å²) in [5, 5.41) is 7.42. The summed E-state index contributed by atoms with van der Waals surface area (Å²) in [7, 11) is 3.11. The molecule has 0 bridgehead atoms. The van der Waals surface area contributed by atoms with Gasteiger partial charge in [-0.3, -0.25) is 9.78 Å². The van der Waals surface area contributed by atoms with Gasteiger partial charge in [0, 0.05) is 24.0 Å². The first kappa shape index (κ1) is 19.2. The molecule has 2 aromatic heterocycles. The molecule has 0 fully saturated rings. The molecule has 2 heterocycles. The highest BCUT2D eigenvalue weighted by molar-refractivity contribution is 6.04. The smallest absolute Gasteiger partial charge is 0.276 e. The van der Waals surface area contributed by atoms with Gasteiger partial charge in [-0.2, -0.15) is 5.10 Å². The van der Waals surface area contributed by atoms with E-state index >= 15 is 0 Å². The highest BCUT2D eigenvalue weighted by Gasteiger charge is 2.18. The molecule has 0 aliphatic carbocycles. The van der Waals surface area contributed by atoms with Crippen LogP contribution in [0.2, 0.25) is 0 Å². The lowest BCUT2D eigenvalue weighted by Crippen LogP contribution is -2.14. The average Bonchev–Trinajstić information content (AvgIpc) is 3.26. The van der Waals surface area contributed by atoms with Crippen molar-refractivity contribution in [1.82, 2.24) is 14.8 Å². The van der Waals surface area contributed by atoms with Crippen LogP contribution in [0.1, 0.15) is 10.5 Å². The molecule has 0 radical (unpaired) electrons. The average molecular weight is 400 g/mol. The van der Waals surface area contributed by atoms with Crippen LogP contribution >= 0.6 is 0 Å². The minimum atomic E-state index is -0.360. The maximum atomic E-state index is 13.0. The number of para-hydroxylation sites is 1. The summed E-state index contributed by atoms with van der Waals surface area (Å²) >= 11 is 0. The number of hydrogen-bond acceptors (Lipinski definition) is 5. The van der Waals surface area contributed by atoms with Crippen LogP contribution in [0.3, 0.4) is 0 Å². The Labute approximate surface area is 173 Å². The third-order valence-electron chi connectivity index (χ3n) is 4.55. The number of ether oxygens (including phenoxy) is 2. The molecule has 4 rings (SSSR count). The minimum Gasteiger partial charge on any atom is -0.497 e. The van der Waals surface area contributed by atoms with E-state index in [1.165, 1.54) is 0 Å². The Morgan fingerprint density at radius 1 is 0.967 bits per heavy atom. The van der Waals surface area contributed by atoms with Gasteiger partial charge >= 0.3 is 0 Å². The fourth-order valence-corrected chi connectivity index (χ4v) is 3.08. The quantitative estimate of drug-likeness (QED) is 0.525. The third-order valence-corrected chi connectivity index (χ3v) is 4.55. The SMILES string of the molecule is COc1ccc(OC)c(NC(=O)c2cc(-c3cccnc3)n(-c3ccccc3)n2)c1. The van der Waals surface area contributed by atoms with Crippen LogP contribution in [-0.4, -0.2) is 34.9 Å². The van der Waals surface area contributed by atoms with Crippen LogP contribution < -0.4 is 14.8 Å². The topological polar surface area (TPSA) is 78.3 Å². The summed E-state index contributed by atoms with van der Waals surface area (Å²) in [4.78, 5) is 17.2. The van der Waals surface area contributed by atoms with E-state index in [-0.39, 0.29) is 11.6 Å². The van der Waals surface area contributed by atoms with Gasteiger partial charge in [0.25, 0.3) is 5.91 Å². The number of carbonyl (C=O) groups excluding carboxylic acids is 1. The molecule has 0 saturated carbocycles. The maximum Gasteiger partial charge on any atom is 0.276 e. The molecule has 0 saturated heterocycles. The van der Waals surface area contributed by atoms with Gasteiger partial charge < -0.3 is 14.8 Å². The zero-order valence-electron chi connectivity index (χ0n) is 16.6. The summed E-state index contributed by atoms with van der Waals surface area (Å²) in [6, 6.07) is 20.3. The second-order valence-electron chi connectivity index (χ2n) is 6.42. The molecule has 1 amide bonds. The number of nitrogens with zero attached hydrogens (tertiary/aromatic N) is 3. The van der Waals surface area contributed by atoms with E-state index in [1.54, 1.807) is 55.6 Å². The van der Waals surface area contributed by atoms with E-state index in [9.17, 15) is 4.79 Å². The predicted molar refractivity (Wildman–Crippen MR) is 114 cm³/mol. The van der Waals surface area contributed by atoms with Crippen LogP contribution in [0.15, 0.2) is 79.1 Å². The van der Waals surface area contributed by atoms with Crippen LogP contribution in [0.5, 0.6) is 11.5 Å². The molecule has 7 nitrogen and oxygen atoms in total. The first-order valence-electron chi connectivity index (χ1n) is 9.29. The van der Waals surface area contributed by atoms with Crippen LogP contribution in [0.4, 0.5) is 5.69 Å². The number of nitrogens with one attached hydrogen (secondary N) is 1. The van der Waals surface area contributed by atoms with Crippen molar-refractivity contribution in [3.05, 3.63) is 84.8 Å². The van der Waals surface area contributed by atoms with Crippen LogP contribution in [0, 0.1) is 0 Å². The van der Waals surface area contributed by atoms with Crippen molar-refractivity contribution >= 4 is 11.6 Å². The Bertz CT molecular complexity index is 1100.